The highest BCUT2D eigenvalue weighted by molar-refractivity contribution is 6.66. The van der Waals surface area contributed by atoms with E-state index >= 15 is 0 Å². The molecule has 0 atom stereocenters. The van der Waals surface area contributed by atoms with Gasteiger partial charge in [-0.15, -0.1) is 0 Å². The second-order valence-corrected chi connectivity index (χ2v) is 7.70. The van der Waals surface area contributed by atoms with E-state index in [9.17, 15) is 9.59 Å². The molecule has 1 amide bonds. The van der Waals surface area contributed by atoms with Gasteiger partial charge in [-0.2, -0.15) is 0 Å². The Kier molecular flexibility index (Phi) is 6.97. The summed E-state index contributed by atoms with van der Waals surface area (Å²) in [6.45, 7) is 3.44. The molecule has 3 N–H and O–H groups in total. The molecular formula is C24H22ClN5O3. The lowest BCUT2D eigenvalue weighted by Crippen LogP contribution is -2.44. The van der Waals surface area contributed by atoms with Crippen molar-refractivity contribution in [3.8, 4) is 22.9 Å². The molecule has 3 aromatic rings. The molecule has 3 heterocycles. The van der Waals surface area contributed by atoms with Gasteiger partial charge in [0.25, 0.3) is 5.91 Å². The van der Waals surface area contributed by atoms with Crippen LogP contribution >= 0.6 is 11.6 Å². The molecule has 0 unspecified atom stereocenters. The lowest BCUT2D eigenvalue weighted by atomic mass is 10.0. The fraction of sp³-hybridized carbons (Fsp3) is 0.167. The number of ether oxygens (including phenoxy) is 1. The Bertz CT molecular complexity index is 1190. The number of hydrogen-bond donors (Lipinski definition) is 2. The third-order valence-electron chi connectivity index (χ3n) is 5.12. The Hall–Kier alpha value is -3.75. The van der Waals surface area contributed by atoms with Crippen LogP contribution in [0.15, 0.2) is 60.8 Å². The molecule has 1 aromatic carbocycles. The summed E-state index contributed by atoms with van der Waals surface area (Å²) in [4.78, 5) is 34.2. The summed E-state index contributed by atoms with van der Waals surface area (Å²) in [7, 11) is 0. The summed E-state index contributed by atoms with van der Waals surface area (Å²) >= 11 is 5.38. The molecule has 1 aliphatic heterocycles. The van der Waals surface area contributed by atoms with Gasteiger partial charge >= 0.3 is 0 Å². The second kappa shape index (κ2) is 10.2. The first-order valence-electron chi connectivity index (χ1n) is 10.4. The highest BCUT2D eigenvalue weighted by atomic mass is 35.5. The number of nitrogens with zero attached hydrogens (tertiary/aromatic N) is 3. The minimum Gasteiger partial charge on any atom is -0.438 e. The number of aromatic nitrogens is 2. The number of carbonyl (C=O) groups is 2. The van der Waals surface area contributed by atoms with Crippen molar-refractivity contribution in [2.45, 2.75) is 0 Å². The number of nitrogens with one attached hydrogen (secondary N) is 1. The second-order valence-electron chi connectivity index (χ2n) is 7.33. The predicted octanol–water partition coefficient (Wildman–Crippen LogP) is 3.22. The van der Waals surface area contributed by atoms with Gasteiger partial charge in [-0.3, -0.25) is 9.59 Å². The van der Waals surface area contributed by atoms with Crippen LogP contribution in [-0.4, -0.2) is 47.3 Å². The Labute approximate surface area is 196 Å². The summed E-state index contributed by atoms with van der Waals surface area (Å²) < 4.78 is 5.89. The Morgan fingerprint density at radius 2 is 1.85 bits per heavy atom. The number of halogens is 1. The molecule has 1 saturated heterocycles. The number of anilines is 1. The Morgan fingerprint density at radius 3 is 2.55 bits per heavy atom. The number of amides is 1. The number of hydrogen-bond acceptors (Lipinski definition) is 7. The molecule has 1 aliphatic rings. The highest BCUT2D eigenvalue weighted by Crippen LogP contribution is 2.29. The van der Waals surface area contributed by atoms with Crippen molar-refractivity contribution in [2.24, 2.45) is 5.73 Å². The zero-order chi connectivity index (χ0) is 23.2. The Morgan fingerprint density at radius 1 is 1.09 bits per heavy atom. The van der Waals surface area contributed by atoms with Crippen LogP contribution in [0.1, 0.15) is 15.9 Å². The van der Waals surface area contributed by atoms with Crippen molar-refractivity contribution in [3.63, 3.8) is 0 Å². The van der Waals surface area contributed by atoms with E-state index in [1.807, 2.05) is 18.2 Å². The third kappa shape index (κ3) is 5.54. The molecule has 0 bridgehead atoms. The van der Waals surface area contributed by atoms with Crippen molar-refractivity contribution in [1.82, 2.24) is 15.3 Å². The van der Waals surface area contributed by atoms with Crippen LogP contribution in [-0.2, 0) is 4.79 Å². The number of allylic oxidation sites excluding steroid dienone is 1. The van der Waals surface area contributed by atoms with Gasteiger partial charge in [0.1, 0.15) is 11.6 Å². The van der Waals surface area contributed by atoms with E-state index < -0.39 is 11.1 Å². The SMILES string of the molecule is NC(=O)c1ccc(N2CCNCC2)nc1-c1ccc(Oc2ncccc2/C=C/C(=O)Cl)cc1. The summed E-state index contributed by atoms with van der Waals surface area (Å²) in [6, 6.07) is 14.2. The molecular weight excluding hydrogens is 442 g/mol. The van der Waals surface area contributed by atoms with Crippen LogP contribution in [0.4, 0.5) is 5.82 Å². The molecule has 0 spiro atoms. The summed E-state index contributed by atoms with van der Waals surface area (Å²) in [5.41, 5.74) is 7.82. The number of rotatable bonds is 7. The van der Waals surface area contributed by atoms with Crippen LogP contribution in [0, 0.1) is 0 Å². The quantitative estimate of drug-likeness (QED) is 0.408. The first-order valence-corrected chi connectivity index (χ1v) is 10.8. The molecule has 0 saturated carbocycles. The van der Waals surface area contributed by atoms with Crippen molar-refractivity contribution < 1.29 is 14.3 Å². The Balaban J connectivity index is 1.61. The van der Waals surface area contributed by atoms with E-state index in [4.69, 9.17) is 27.1 Å². The topological polar surface area (TPSA) is 110 Å². The van der Waals surface area contributed by atoms with Crippen LogP contribution in [0.2, 0.25) is 0 Å². The summed E-state index contributed by atoms with van der Waals surface area (Å²) in [6.07, 6.45) is 4.36. The van der Waals surface area contributed by atoms with Crippen molar-refractivity contribution in [3.05, 3.63) is 71.9 Å². The first-order chi connectivity index (χ1) is 16.0. The summed E-state index contributed by atoms with van der Waals surface area (Å²) in [5.74, 6) is 1.12. The molecule has 2 aromatic heterocycles. The normalized spacial score (nSPS) is 13.8. The van der Waals surface area contributed by atoms with Crippen molar-refractivity contribution in [2.75, 3.05) is 31.1 Å². The monoisotopic (exact) mass is 463 g/mol. The highest BCUT2D eigenvalue weighted by Gasteiger charge is 2.17. The molecule has 9 heteroatoms. The number of pyridine rings is 2. The summed E-state index contributed by atoms with van der Waals surface area (Å²) in [5, 5.41) is 2.73. The average molecular weight is 464 g/mol. The molecule has 33 heavy (non-hydrogen) atoms. The molecule has 0 aliphatic carbocycles. The number of carbonyl (C=O) groups excluding carboxylic acids is 2. The number of nitrogens with two attached hydrogens (primary N) is 1. The zero-order valence-electron chi connectivity index (χ0n) is 17.7. The fourth-order valence-electron chi connectivity index (χ4n) is 3.50. The smallest absolute Gasteiger partial charge is 0.250 e. The largest absolute Gasteiger partial charge is 0.438 e. The standard InChI is InChI=1S/C24H22ClN5O3/c25-20(31)9-5-17-2-1-11-28-24(17)33-18-6-3-16(4-7-18)22-19(23(26)32)8-10-21(29-22)30-14-12-27-13-15-30/h1-11,27H,12-15H2,(H2,26,32)/b9-5+. The van der Waals surface area contributed by atoms with Gasteiger partial charge in [-0.1, -0.05) is 0 Å². The van der Waals surface area contributed by atoms with Gasteiger partial charge in [0.15, 0.2) is 0 Å². The van der Waals surface area contributed by atoms with Crippen LogP contribution < -0.4 is 20.7 Å². The molecule has 168 valence electrons. The van der Waals surface area contributed by atoms with E-state index in [0.717, 1.165) is 37.6 Å². The maximum Gasteiger partial charge on any atom is 0.250 e. The zero-order valence-corrected chi connectivity index (χ0v) is 18.5. The van der Waals surface area contributed by atoms with E-state index in [1.54, 1.807) is 36.5 Å². The number of benzene rings is 1. The van der Waals surface area contributed by atoms with Gasteiger partial charge in [0, 0.05) is 43.5 Å². The van der Waals surface area contributed by atoms with E-state index in [0.29, 0.717) is 28.5 Å². The van der Waals surface area contributed by atoms with E-state index in [1.165, 1.54) is 12.2 Å². The first kappa shape index (κ1) is 22.4. The molecule has 4 rings (SSSR count). The minimum absolute atomic E-state index is 0.330. The number of primary amides is 1. The van der Waals surface area contributed by atoms with Gasteiger partial charge in [-0.25, -0.2) is 9.97 Å². The van der Waals surface area contributed by atoms with Gasteiger partial charge < -0.3 is 20.7 Å². The third-order valence-corrected chi connectivity index (χ3v) is 5.25. The van der Waals surface area contributed by atoms with E-state index in [2.05, 4.69) is 15.2 Å². The van der Waals surface area contributed by atoms with Crippen molar-refractivity contribution >= 4 is 34.6 Å². The van der Waals surface area contributed by atoms with Gasteiger partial charge in [0.2, 0.25) is 11.1 Å². The molecule has 1 fully saturated rings. The lowest BCUT2D eigenvalue weighted by Gasteiger charge is -2.29. The van der Waals surface area contributed by atoms with Crippen LogP contribution in [0.5, 0.6) is 11.6 Å². The minimum atomic E-state index is -0.588. The maximum absolute atomic E-state index is 12.0. The van der Waals surface area contributed by atoms with Crippen LogP contribution in [0.3, 0.4) is 0 Å². The fourth-order valence-corrected chi connectivity index (χ4v) is 3.56. The average Bonchev–Trinajstić information content (AvgIpc) is 2.84. The van der Waals surface area contributed by atoms with Gasteiger partial charge in [0.05, 0.1) is 11.3 Å². The predicted molar refractivity (Wildman–Crippen MR) is 127 cm³/mol. The van der Waals surface area contributed by atoms with Gasteiger partial charge in [-0.05, 0) is 72.3 Å². The number of piperazine rings is 1. The van der Waals surface area contributed by atoms with Crippen molar-refractivity contribution in [1.29, 1.82) is 0 Å². The molecule has 0 radical (unpaired) electrons. The molecule has 8 nitrogen and oxygen atoms in total. The van der Waals surface area contributed by atoms with Crippen LogP contribution in [0.25, 0.3) is 17.3 Å². The lowest BCUT2D eigenvalue weighted by molar-refractivity contribution is -0.107. The maximum atomic E-state index is 12.0. The van der Waals surface area contributed by atoms with E-state index in [-0.39, 0.29) is 0 Å².